The van der Waals surface area contributed by atoms with Gasteiger partial charge in [-0.05, 0) is 55.8 Å². The highest BCUT2D eigenvalue weighted by Gasteiger charge is 2.07. The third-order valence-electron chi connectivity index (χ3n) is 4.75. The van der Waals surface area contributed by atoms with Gasteiger partial charge in [0.15, 0.2) is 17.3 Å². The summed E-state index contributed by atoms with van der Waals surface area (Å²) in [4.78, 5) is 34.0. The van der Waals surface area contributed by atoms with Gasteiger partial charge in [-0.15, -0.1) is 0 Å². The molecule has 0 aromatic heterocycles. The Morgan fingerprint density at radius 3 is 1.79 bits per heavy atom. The minimum absolute atomic E-state index is 0.0147. The molecule has 6 heteroatoms. The van der Waals surface area contributed by atoms with Crippen LogP contribution in [-0.2, 0) is 11.3 Å². The van der Waals surface area contributed by atoms with E-state index in [1.165, 1.54) is 13.8 Å². The highest BCUT2D eigenvalue weighted by Crippen LogP contribution is 2.13. The summed E-state index contributed by atoms with van der Waals surface area (Å²) in [6.07, 6.45) is 0. The Hall–Kier alpha value is -3.77. The maximum absolute atomic E-state index is 12.0. The summed E-state index contributed by atoms with van der Waals surface area (Å²) in [5.74, 6) is 1.44. The van der Waals surface area contributed by atoms with Crippen molar-refractivity contribution in [1.29, 1.82) is 0 Å². The third-order valence-corrected chi connectivity index (χ3v) is 4.75. The van der Waals surface area contributed by atoms with E-state index in [2.05, 4.69) is 0 Å². The number of ether oxygens (including phenoxy) is 3. The van der Waals surface area contributed by atoms with Crippen molar-refractivity contribution in [3.8, 4) is 11.5 Å². The molecule has 6 nitrogen and oxygen atoms in total. The van der Waals surface area contributed by atoms with Gasteiger partial charge in [-0.2, -0.15) is 0 Å². The van der Waals surface area contributed by atoms with Crippen LogP contribution in [0.25, 0.3) is 0 Å². The minimum atomic E-state index is -0.0805. The molecular formula is C27H28O6. The van der Waals surface area contributed by atoms with E-state index in [0.717, 1.165) is 11.3 Å². The van der Waals surface area contributed by atoms with E-state index in [4.69, 9.17) is 14.2 Å². The van der Waals surface area contributed by atoms with E-state index in [0.29, 0.717) is 29.0 Å². The molecule has 0 aliphatic heterocycles. The fourth-order valence-corrected chi connectivity index (χ4v) is 2.80. The van der Waals surface area contributed by atoms with Gasteiger partial charge in [-0.1, -0.05) is 36.4 Å². The van der Waals surface area contributed by atoms with Crippen molar-refractivity contribution >= 4 is 17.3 Å². The minimum Gasteiger partial charge on any atom is -0.497 e. The van der Waals surface area contributed by atoms with Crippen molar-refractivity contribution in [2.24, 2.45) is 0 Å². The quantitative estimate of drug-likeness (QED) is 0.419. The molecule has 0 N–H and O–H groups in total. The highest BCUT2D eigenvalue weighted by molar-refractivity contribution is 5.97. The molecule has 0 amide bonds. The Labute approximate surface area is 194 Å². The first kappa shape index (κ1) is 25.5. The van der Waals surface area contributed by atoms with Gasteiger partial charge < -0.3 is 14.2 Å². The second-order valence-corrected chi connectivity index (χ2v) is 7.19. The van der Waals surface area contributed by atoms with E-state index in [9.17, 15) is 14.4 Å². The Balaban J connectivity index is 0.000000294. The Bertz CT molecular complexity index is 1070. The Morgan fingerprint density at radius 1 is 0.667 bits per heavy atom. The van der Waals surface area contributed by atoms with Gasteiger partial charge in [0.1, 0.15) is 18.1 Å². The smallest absolute Gasteiger partial charge is 0.188 e. The number of carbonyl (C=O) groups excluding carboxylic acids is 3. The van der Waals surface area contributed by atoms with E-state index in [1.807, 2.05) is 18.2 Å². The van der Waals surface area contributed by atoms with Gasteiger partial charge in [0, 0.05) is 16.7 Å². The van der Waals surface area contributed by atoms with Gasteiger partial charge in [0.25, 0.3) is 0 Å². The van der Waals surface area contributed by atoms with Crippen LogP contribution in [-0.4, -0.2) is 38.2 Å². The number of hydrogen-bond acceptors (Lipinski definition) is 6. The molecule has 0 saturated carbocycles. The van der Waals surface area contributed by atoms with Crippen LogP contribution < -0.4 is 9.47 Å². The number of benzene rings is 3. The molecule has 0 bridgehead atoms. The van der Waals surface area contributed by atoms with Crippen LogP contribution >= 0.6 is 0 Å². The van der Waals surface area contributed by atoms with E-state index >= 15 is 0 Å². The van der Waals surface area contributed by atoms with Crippen molar-refractivity contribution in [2.75, 3.05) is 20.8 Å². The maximum Gasteiger partial charge on any atom is 0.188 e. The second kappa shape index (κ2) is 12.9. The van der Waals surface area contributed by atoms with Crippen LogP contribution in [0.5, 0.6) is 11.5 Å². The van der Waals surface area contributed by atoms with Crippen molar-refractivity contribution in [3.63, 3.8) is 0 Å². The lowest BCUT2D eigenvalue weighted by Crippen LogP contribution is -2.09. The largest absolute Gasteiger partial charge is 0.497 e. The van der Waals surface area contributed by atoms with Gasteiger partial charge in [-0.3, -0.25) is 14.4 Å². The summed E-state index contributed by atoms with van der Waals surface area (Å²) < 4.78 is 15.4. The lowest BCUT2D eigenvalue weighted by Gasteiger charge is -2.05. The van der Waals surface area contributed by atoms with E-state index in [1.54, 1.807) is 68.8 Å². The molecule has 0 aliphatic rings. The number of rotatable bonds is 9. The topological polar surface area (TPSA) is 78.9 Å². The molecule has 0 radical (unpaired) electrons. The summed E-state index contributed by atoms with van der Waals surface area (Å²) >= 11 is 0. The zero-order valence-corrected chi connectivity index (χ0v) is 19.3. The summed E-state index contributed by atoms with van der Waals surface area (Å²) in [7, 11) is 3.16. The first-order valence-corrected chi connectivity index (χ1v) is 10.3. The molecular weight excluding hydrogens is 420 g/mol. The van der Waals surface area contributed by atoms with Gasteiger partial charge in [0.2, 0.25) is 0 Å². The van der Waals surface area contributed by atoms with Crippen LogP contribution in [0.1, 0.15) is 50.5 Å². The summed E-state index contributed by atoms with van der Waals surface area (Å²) in [5.41, 5.74) is 2.86. The predicted molar refractivity (Wildman–Crippen MR) is 126 cm³/mol. The van der Waals surface area contributed by atoms with Crippen molar-refractivity contribution < 1.29 is 28.6 Å². The first-order valence-electron chi connectivity index (χ1n) is 10.3. The number of ketones is 3. The molecule has 0 unspecified atom stereocenters. The molecule has 0 spiro atoms. The summed E-state index contributed by atoms with van der Waals surface area (Å²) in [5, 5.41) is 0. The molecule has 0 fully saturated rings. The lowest BCUT2D eigenvalue weighted by atomic mass is 10.1. The fraction of sp³-hybridized carbons (Fsp3) is 0.222. The van der Waals surface area contributed by atoms with Gasteiger partial charge in [0.05, 0.1) is 20.8 Å². The normalized spacial score (nSPS) is 9.94. The van der Waals surface area contributed by atoms with Gasteiger partial charge in [-0.25, -0.2) is 0 Å². The highest BCUT2D eigenvalue weighted by atomic mass is 16.5. The average Bonchev–Trinajstić information content (AvgIpc) is 2.84. The van der Waals surface area contributed by atoms with Crippen molar-refractivity contribution in [3.05, 3.63) is 95.1 Å². The van der Waals surface area contributed by atoms with Crippen LogP contribution in [0.3, 0.4) is 0 Å². The first-order chi connectivity index (χ1) is 15.8. The van der Waals surface area contributed by atoms with E-state index < -0.39 is 0 Å². The second-order valence-electron chi connectivity index (χ2n) is 7.19. The number of methoxy groups -OCH3 is 2. The Kier molecular flexibility index (Phi) is 9.99. The lowest BCUT2D eigenvalue weighted by molar-refractivity contribution is 0.0726. The monoisotopic (exact) mass is 448 g/mol. The van der Waals surface area contributed by atoms with Crippen LogP contribution in [0, 0.1) is 0 Å². The number of hydrogen-bond donors (Lipinski definition) is 0. The summed E-state index contributed by atoms with van der Waals surface area (Å²) in [6, 6.07) is 21.2. The molecule has 3 aromatic carbocycles. The number of carbonyl (C=O) groups is 3. The molecule has 0 atom stereocenters. The molecule has 33 heavy (non-hydrogen) atoms. The van der Waals surface area contributed by atoms with Crippen LogP contribution in [0.4, 0.5) is 0 Å². The van der Waals surface area contributed by atoms with Crippen LogP contribution in [0.15, 0.2) is 72.8 Å². The zero-order chi connectivity index (χ0) is 24.2. The van der Waals surface area contributed by atoms with Crippen LogP contribution in [0.2, 0.25) is 0 Å². The Morgan fingerprint density at radius 2 is 1.24 bits per heavy atom. The fourth-order valence-electron chi connectivity index (χ4n) is 2.80. The molecule has 172 valence electrons. The van der Waals surface area contributed by atoms with Crippen molar-refractivity contribution in [2.45, 2.75) is 20.5 Å². The number of Topliss-reactive ketones (excluding diaryl/α,β-unsaturated/α-hetero) is 3. The van der Waals surface area contributed by atoms with E-state index in [-0.39, 0.29) is 24.0 Å². The molecule has 0 heterocycles. The predicted octanol–water partition coefficient (Wildman–Crippen LogP) is 5.20. The molecule has 0 saturated heterocycles. The maximum atomic E-state index is 12.0. The third kappa shape index (κ3) is 8.35. The standard InChI is InChI=1S/C18H18O4.C9H10O2/c1-13(19)15-5-3-14(4-6-15)11-22-12-18(20)16-7-9-17(21-2)10-8-16;1-7(10)8-4-3-5-9(6-8)11-2/h3-10H,11-12H2,1-2H3;3-6H,1-2H3. The average molecular weight is 449 g/mol. The molecule has 3 aromatic rings. The zero-order valence-electron chi connectivity index (χ0n) is 19.3. The SMILES string of the molecule is COc1ccc(C(=O)COCc2ccc(C(C)=O)cc2)cc1.COc1cccc(C(C)=O)c1. The van der Waals surface area contributed by atoms with Crippen molar-refractivity contribution in [1.82, 2.24) is 0 Å². The molecule has 3 rings (SSSR count). The summed E-state index contributed by atoms with van der Waals surface area (Å²) in [6.45, 7) is 3.41. The molecule has 0 aliphatic carbocycles. The van der Waals surface area contributed by atoms with Gasteiger partial charge >= 0.3 is 0 Å².